The van der Waals surface area contributed by atoms with Crippen molar-refractivity contribution in [3.63, 3.8) is 0 Å². The molecule has 0 heterocycles. The van der Waals surface area contributed by atoms with Crippen LogP contribution < -0.4 is 11.5 Å². The van der Waals surface area contributed by atoms with Crippen LogP contribution in [0.25, 0.3) is 0 Å². The SMILES string of the molecule is NC(N)(c1ccccc1)C1CCCC1. The largest absolute Gasteiger partial charge is 0.309 e. The summed E-state index contributed by atoms with van der Waals surface area (Å²) < 4.78 is 0. The van der Waals surface area contributed by atoms with Crippen molar-refractivity contribution in [2.75, 3.05) is 0 Å². The summed E-state index contributed by atoms with van der Waals surface area (Å²) in [6.45, 7) is 0. The predicted octanol–water partition coefficient (Wildman–Crippen LogP) is 1.95. The van der Waals surface area contributed by atoms with E-state index in [1.54, 1.807) is 0 Å². The molecule has 0 spiro atoms. The molecule has 0 radical (unpaired) electrons. The van der Waals surface area contributed by atoms with Crippen LogP contribution in [0.4, 0.5) is 0 Å². The molecule has 2 heteroatoms. The fourth-order valence-electron chi connectivity index (χ4n) is 2.37. The summed E-state index contributed by atoms with van der Waals surface area (Å²) in [5.41, 5.74) is 12.9. The molecule has 0 bridgehead atoms. The third kappa shape index (κ3) is 1.68. The average Bonchev–Trinajstić information content (AvgIpc) is 2.72. The molecule has 0 saturated heterocycles. The zero-order chi connectivity index (χ0) is 10.0. The predicted molar refractivity (Wildman–Crippen MR) is 58.5 cm³/mol. The van der Waals surface area contributed by atoms with Crippen LogP contribution in [0.5, 0.6) is 0 Å². The van der Waals surface area contributed by atoms with Gasteiger partial charge in [0.2, 0.25) is 0 Å². The third-order valence-corrected chi connectivity index (χ3v) is 3.30. The monoisotopic (exact) mass is 190 g/mol. The topological polar surface area (TPSA) is 52.0 Å². The number of hydrogen-bond donors (Lipinski definition) is 2. The maximum atomic E-state index is 6.22. The highest BCUT2D eigenvalue weighted by Gasteiger charge is 2.34. The standard InChI is InChI=1S/C12H18N2/c13-12(14,11-8-4-5-9-11)10-6-2-1-3-7-10/h1-3,6-7,11H,4-5,8-9,13-14H2. The van der Waals surface area contributed by atoms with Crippen molar-refractivity contribution >= 4 is 0 Å². The first-order valence-corrected chi connectivity index (χ1v) is 5.34. The summed E-state index contributed by atoms with van der Waals surface area (Å²) in [4.78, 5) is 0. The van der Waals surface area contributed by atoms with Gasteiger partial charge in [0.05, 0.1) is 5.66 Å². The maximum Gasteiger partial charge on any atom is 0.0928 e. The molecule has 1 aromatic rings. The third-order valence-electron chi connectivity index (χ3n) is 3.30. The van der Waals surface area contributed by atoms with Crippen molar-refractivity contribution in [3.8, 4) is 0 Å². The van der Waals surface area contributed by atoms with E-state index in [1.165, 1.54) is 25.7 Å². The van der Waals surface area contributed by atoms with Gasteiger partial charge in [-0.05, 0) is 24.3 Å². The first-order valence-electron chi connectivity index (χ1n) is 5.34. The van der Waals surface area contributed by atoms with Crippen LogP contribution in [0.15, 0.2) is 30.3 Å². The lowest BCUT2D eigenvalue weighted by atomic mass is 9.86. The second-order valence-electron chi connectivity index (χ2n) is 4.28. The molecule has 1 fully saturated rings. The molecule has 0 unspecified atom stereocenters. The fraction of sp³-hybridized carbons (Fsp3) is 0.500. The average molecular weight is 190 g/mol. The smallest absolute Gasteiger partial charge is 0.0928 e. The van der Waals surface area contributed by atoms with Crippen molar-refractivity contribution in [2.24, 2.45) is 17.4 Å². The first-order chi connectivity index (χ1) is 6.71. The molecule has 1 aliphatic rings. The number of rotatable bonds is 2. The lowest BCUT2D eigenvalue weighted by Gasteiger charge is -2.31. The van der Waals surface area contributed by atoms with Gasteiger partial charge in [-0.2, -0.15) is 0 Å². The Kier molecular flexibility index (Phi) is 2.57. The van der Waals surface area contributed by atoms with Crippen LogP contribution >= 0.6 is 0 Å². The van der Waals surface area contributed by atoms with Crippen LogP contribution in [0.3, 0.4) is 0 Å². The van der Waals surface area contributed by atoms with Crippen molar-refractivity contribution in [1.82, 2.24) is 0 Å². The normalized spacial score (nSPS) is 18.7. The molecule has 0 atom stereocenters. The van der Waals surface area contributed by atoms with Crippen LogP contribution in [0.1, 0.15) is 31.2 Å². The first kappa shape index (κ1) is 9.69. The van der Waals surface area contributed by atoms with E-state index in [0.717, 1.165) is 5.56 Å². The summed E-state index contributed by atoms with van der Waals surface area (Å²) in [6.07, 6.45) is 4.88. The molecule has 1 aromatic carbocycles. The van der Waals surface area contributed by atoms with E-state index in [1.807, 2.05) is 30.3 Å². The number of nitrogens with two attached hydrogens (primary N) is 2. The molecule has 4 N–H and O–H groups in total. The molecule has 1 saturated carbocycles. The highest BCUT2D eigenvalue weighted by Crippen LogP contribution is 2.35. The molecule has 76 valence electrons. The van der Waals surface area contributed by atoms with E-state index in [0.29, 0.717) is 5.92 Å². The Balaban J connectivity index is 2.22. The zero-order valence-corrected chi connectivity index (χ0v) is 8.45. The van der Waals surface area contributed by atoms with Gasteiger partial charge < -0.3 is 11.5 Å². The van der Waals surface area contributed by atoms with Gasteiger partial charge in [0.1, 0.15) is 0 Å². The van der Waals surface area contributed by atoms with E-state index in [-0.39, 0.29) is 0 Å². The maximum absolute atomic E-state index is 6.22. The van der Waals surface area contributed by atoms with Gasteiger partial charge >= 0.3 is 0 Å². The number of benzene rings is 1. The van der Waals surface area contributed by atoms with Gasteiger partial charge in [-0.25, -0.2) is 0 Å². The second kappa shape index (κ2) is 3.71. The summed E-state index contributed by atoms with van der Waals surface area (Å²) in [5, 5.41) is 0. The zero-order valence-electron chi connectivity index (χ0n) is 8.45. The van der Waals surface area contributed by atoms with Crippen molar-refractivity contribution in [2.45, 2.75) is 31.3 Å². The minimum absolute atomic E-state index is 0.449. The van der Waals surface area contributed by atoms with Crippen LogP contribution in [-0.4, -0.2) is 0 Å². The minimum atomic E-state index is -0.627. The molecular formula is C12H18N2. The molecule has 0 aliphatic heterocycles. The Bertz CT molecular complexity index is 286. The van der Waals surface area contributed by atoms with Crippen LogP contribution in [0, 0.1) is 5.92 Å². The summed E-state index contributed by atoms with van der Waals surface area (Å²) in [5.74, 6) is 0.449. The van der Waals surface area contributed by atoms with Gasteiger partial charge in [-0.15, -0.1) is 0 Å². The van der Waals surface area contributed by atoms with Crippen molar-refractivity contribution in [3.05, 3.63) is 35.9 Å². The van der Waals surface area contributed by atoms with Gasteiger partial charge in [0, 0.05) is 0 Å². The van der Waals surface area contributed by atoms with Gasteiger partial charge in [0.15, 0.2) is 0 Å². The van der Waals surface area contributed by atoms with Crippen molar-refractivity contribution < 1.29 is 0 Å². The quantitative estimate of drug-likeness (QED) is 0.700. The highest BCUT2D eigenvalue weighted by molar-refractivity contribution is 5.23. The van der Waals surface area contributed by atoms with Gasteiger partial charge in [-0.1, -0.05) is 43.2 Å². The van der Waals surface area contributed by atoms with Crippen LogP contribution in [-0.2, 0) is 5.66 Å². The number of hydrogen-bond acceptors (Lipinski definition) is 2. The Morgan fingerprint density at radius 3 is 2.14 bits per heavy atom. The van der Waals surface area contributed by atoms with E-state index in [2.05, 4.69) is 0 Å². The second-order valence-corrected chi connectivity index (χ2v) is 4.28. The summed E-state index contributed by atoms with van der Waals surface area (Å²) in [6, 6.07) is 10.0. The molecule has 0 aromatic heterocycles. The van der Waals surface area contributed by atoms with Gasteiger partial charge in [-0.3, -0.25) is 0 Å². The molecule has 2 nitrogen and oxygen atoms in total. The molecule has 14 heavy (non-hydrogen) atoms. The van der Waals surface area contributed by atoms with E-state index in [9.17, 15) is 0 Å². The molecule has 0 amide bonds. The summed E-state index contributed by atoms with van der Waals surface area (Å²) in [7, 11) is 0. The Labute approximate surface area is 85.3 Å². The minimum Gasteiger partial charge on any atom is -0.309 e. The molecular weight excluding hydrogens is 172 g/mol. The lowest BCUT2D eigenvalue weighted by Crippen LogP contribution is -2.51. The highest BCUT2D eigenvalue weighted by atomic mass is 15.0. The van der Waals surface area contributed by atoms with Crippen LogP contribution in [0.2, 0.25) is 0 Å². The fourth-order valence-corrected chi connectivity index (χ4v) is 2.37. The Hall–Kier alpha value is -0.860. The summed E-state index contributed by atoms with van der Waals surface area (Å²) >= 11 is 0. The van der Waals surface area contributed by atoms with E-state index >= 15 is 0 Å². The lowest BCUT2D eigenvalue weighted by molar-refractivity contribution is 0.288. The Morgan fingerprint density at radius 1 is 1.00 bits per heavy atom. The Morgan fingerprint density at radius 2 is 1.57 bits per heavy atom. The molecule has 2 rings (SSSR count). The van der Waals surface area contributed by atoms with E-state index < -0.39 is 5.66 Å². The van der Waals surface area contributed by atoms with Crippen molar-refractivity contribution in [1.29, 1.82) is 0 Å². The van der Waals surface area contributed by atoms with Gasteiger partial charge in [0.25, 0.3) is 0 Å². The molecule has 1 aliphatic carbocycles. The van der Waals surface area contributed by atoms with E-state index in [4.69, 9.17) is 11.5 Å².